The summed E-state index contributed by atoms with van der Waals surface area (Å²) in [6.07, 6.45) is 0.00322. The van der Waals surface area contributed by atoms with Crippen LogP contribution in [0.25, 0.3) is 11.3 Å². The fourth-order valence-corrected chi connectivity index (χ4v) is 3.18. The highest BCUT2D eigenvalue weighted by molar-refractivity contribution is 6.03. The number of morpholine rings is 1. The Kier molecular flexibility index (Phi) is 6.01. The first-order valence-corrected chi connectivity index (χ1v) is 9.43. The van der Waals surface area contributed by atoms with Crippen molar-refractivity contribution in [2.24, 2.45) is 0 Å². The van der Waals surface area contributed by atoms with E-state index >= 15 is 0 Å². The minimum absolute atomic E-state index is 0.00322. The molecule has 1 saturated heterocycles. The first-order chi connectivity index (χ1) is 14.6. The number of aromatic amines is 1. The van der Waals surface area contributed by atoms with Gasteiger partial charge in [-0.3, -0.25) is 9.89 Å². The summed E-state index contributed by atoms with van der Waals surface area (Å²) in [4.78, 5) is 12.5. The molecule has 3 aromatic rings. The molecule has 7 nitrogen and oxygen atoms in total. The Bertz CT molecular complexity index is 1000. The van der Waals surface area contributed by atoms with Gasteiger partial charge in [0.1, 0.15) is 11.4 Å². The topological polar surface area (TPSA) is 88.3 Å². The van der Waals surface area contributed by atoms with Gasteiger partial charge in [0, 0.05) is 24.3 Å². The van der Waals surface area contributed by atoms with E-state index in [0.29, 0.717) is 23.6 Å². The standard InChI is InChI=1S/C21H20F2N4O3/c22-21(23)30-16-3-1-2-14(10-16)17-11-18(27-26-17)20(28)25-15-6-4-13(5-7-15)19-12-24-8-9-29-19/h1-7,10-11,19,21,24H,8-9,12H2,(H,25,28)(H,26,27). The molecule has 0 bridgehead atoms. The third-order valence-electron chi connectivity index (χ3n) is 4.65. The average molecular weight is 414 g/mol. The van der Waals surface area contributed by atoms with Crippen LogP contribution in [-0.2, 0) is 4.74 Å². The largest absolute Gasteiger partial charge is 0.435 e. The maximum absolute atomic E-state index is 12.5. The van der Waals surface area contributed by atoms with Gasteiger partial charge in [-0.15, -0.1) is 0 Å². The number of anilines is 1. The van der Waals surface area contributed by atoms with E-state index in [-0.39, 0.29) is 23.5 Å². The summed E-state index contributed by atoms with van der Waals surface area (Å²) in [5.41, 5.74) is 2.91. The summed E-state index contributed by atoms with van der Waals surface area (Å²) in [5, 5.41) is 12.8. The lowest BCUT2D eigenvalue weighted by atomic mass is 10.1. The van der Waals surface area contributed by atoms with Crippen LogP contribution >= 0.6 is 0 Å². The van der Waals surface area contributed by atoms with Crippen LogP contribution < -0.4 is 15.4 Å². The van der Waals surface area contributed by atoms with Gasteiger partial charge >= 0.3 is 6.61 Å². The van der Waals surface area contributed by atoms with Gasteiger partial charge in [0.2, 0.25) is 0 Å². The summed E-state index contributed by atoms with van der Waals surface area (Å²) < 4.78 is 34.9. The summed E-state index contributed by atoms with van der Waals surface area (Å²) in [7, 11) is 0. The number of halogens is 2. The van der Waals surface area contributed by atoms with Crippen LogP contribution in [0, 0.1) is 0 Å². The Morgan fingerprint density at radius 3 is 2.77 bits per heavy atom. The molecular weight excluding hydrogens is 394 g/mol. The summed E-state index contributed by atoms with van der Waals surface area (Å²) in [6, 6.07) is 15.1. The second kappa shape index (κ2) is 9.02. The van der Waals surface area contributed by atoms with E-state index in [0.717, 1.165) is 18.7 Å². The number of nitrogens with zero attached hydrogens (tertiary/aromatic N) is 1. The molecule has 0 saturated carbocycles. The van der Waals surface area contributed by atoms with Gasteiger partial charge in [0.15, 0.2) is 0 Å². The van der Waals surface area contributed by atoms with Gasteiger partial charge < -0.3 is 20.1 Å². The molecule has 9 heteroatoms. The number of H-pyrrole nitrogens is 1. The van der Waals surface area contributed by atoms with Crippen LogP contribution in [0.1, 0.15) is 22.2 Å². The van der Waals surface area contributed by atoms with Gasteiger partial charge in [0.05, 0.1) is 18.4 Å². The van der Waals surface area contributed by atoms with Gasteiger partial charge in [-0.2, -0.15) is 13.9 Å². The first-order valence-electron chi connectivity index (χ1n) is 9.43. The Labute approximate surface area is 171 Å². The molecule has 1 aromatic heterocycles. The van der Waals surface area contributed by atoms with Crippen molar-refractivity contribution in [3.05, 3.63) is 65.9 Å². The van der Waals surface area contributed by atoms with Gasteiger partial charge in [-0.1, -0.05) is 24.3 Å². The Hall–Kier alpha value is -3.30. The van der Waals surface area contributed by atoms with Gasteiger partial charge in [0.25, 0.3) is 5.91 Å². The number of carbonyl (C=O) groups is 1. The molecule has 30 heavy (non-hydrogen) atoms. The smallest absolute Gasteiger partial charge is 0.387 e. The quantitative estimate of drug-likeness (QED) is 0.574. The van der Waals surface area contributed by atoms with Crippen LogP contribution in [0.3, 0.4) is 0 Å². The zero-order chi connectivity index (χ0) is 20.9. The van der Waals surface area contributed by atoms with Crippen LogP contribution in [0.5, 0.6) is 5.75 Å². The number of amides is 1. The molecule has 2 aromatic carbocycles. The number of benzene rings is 2. The summed E-state index contributed by atoms with van der Waals surface area (Å²) >= 11 is 0. The third-order valence-corrected chi connectivity index (χ3v) is 4.65. The number of alkyl halides is 2. The average Bonchev–Trinajstić information content (AvgIpc) is 3.25. The number of aromatic nitrogens is 2. The molecule has 1 atom stereocenters. The zero-order valence-corrected chi connectivity index (χ0v) is 15.9. The highest BCUT2D eigenvalue weighted by Gasteiger charge is 2.16. The number of hydrogen-bond donors (Lipinski definition) is 3. The molecule has 3 N–H and O–H groups in total. The van der Waals surface area contributed by atoms with E-state index in [1.54, 1.807) is 18.2 Å². The lowest BCUT2D eigenvalue weighted by molar-refractivity contribution is -0.0498. The lowest BCUT2D eigenvalue weighted by Crippen LogP contribution is -2.33. The van der Waals surface area contributed by atoms with Crippen molar-refractivity contribution in [3.63, 3.8) is 0 Å². The van der Waals surface area contributed by atoms with Crippen molar-refractivity contribution in [1.29, 1.82) is 0 Å². The highest BCUT2D eigenvalue weighted by atomic mass is 19.3. The minimum atomic E-state index is -2.91. The number of carbonyl (C=O) groups excluding carboxylic acids is 1. The van der Waals surface area contributed by atoms with E-state index in [9.17, 15) is 13.6 Å². The fraction of sp³-hybridized carbons (Fsp3) is 0.238. The fourth-order valence-electron chi connectivity index (χ4n) is 3.18. The van der Waals surface area contributed by atoms with E-state index < -0.39 is 6.61 Å². The van der Waals surface area contributed by atoms with Crippen molar-refractivity contribution in [1.82, 2.24) is 15.5 Å². The molecule has 4 rings (SSSR count). The van der Waals surface area contributed by atoms with Gasteiger partial charge in [-0.05, 0) is 35.9 Å². The first kappa shape index (κ1) is 20.0. The van der Waals surface area contributed by atoms with Crippen LogP contribution in [0.15, 0.2) is 54.6 Å². The molecule has 0 aliphatic carbocycles. The van der Waals surface area contributed by atoms with E-state index in [2.05, 4.69) is 25.6 Å². The second-order valence-electron chi connectivity index (χ2n) is 6.71. The minimum Gasteiger partial charge on any atom is -0.435 e. The molecule has 156 valence electrons. The maximum atomic E-state index is 12.5. The van der Waals surface area contributed by atoms with E-state index in [1.165, 1.54) is 12.1 Å². The predicted octanol–water partition coefficient (Wildman–Crippen LogP) is 3.59. The van der Waals surface area contributed by atoms with Crippen molar-refractivity contribution in [2.75, 3.05) is 25.0 Å². The highest BCUT2D eigenvalue weighted by Crippen LogP contribution is 2.25. The van der Waals surface area contributed by atoms with Crippen LogP contribution in [0.4, 0.5) is 14.5 Å². The summed E-state index contributed by atoms with van der Waals surface area (Å²) in [6.45, 7) is -0.636. The van der Waals surface area contributed by atoms with Gasteiger partial charge in [-0.25, -0.2) is 0 Å². The Balaban J connectivity index is 1.42. The molecule has 1 unspecified atom stereocenters. The number of nitrogens with one attached hydrogen (secondary N) is 3. The molecule has 0 spiro atoms. The Morgan fingerprint density at radius 1 is 1.20 bits per heavy atom. The number of hydrogen-bond acceptors (Lipinski definition) is 5. The maximum Gasteiger partial charge on any atom is 0.387 e. The van der Waals surface area contributed by atoms with Crippen LogP contribution in [0.2, 0.25) is 0 Å². The summed E-state index contributed by atoms with van der Waals surface area (Å²) in [5.74, 6) is -0.342. The molecule has 1 fully saturated rings. The van der Waals surface area contributed by atoms with Crippen molar-refractivity contribution in [3.8, 4) is 17.0 Å². The van der Waals surface area contributed by atoms with Crippen molar-refractivity contribution in [2.45, 2.75) is 12.7 Å². The zero-order valence-electron chi connectivity index (χ0n) is 15.9. The van der Waals surface area contributed by atoms with Crippen LogP contribution in [-0.4, -0.2) is 42.4 Å². The molecule has 1 aliphatic rings. The van der Waals surface area contributed by atoms with E-state index in [4.69, 9.17) is 4.74 Å². The van der Waals surface area contributed by atoms with Crippen molar-refractivity contribution < 1.29 is 23.0 Å². The molecule has 1 aliphatic heterocycles. The lowest BCUT2D eigenvalue weighted by Gasteiger charge is -2.24. The molecule has 0 radical (unpaired) electrons. The van der Waals surface area contributed by atoms with Crippen molar-refractivity contribution >= 4 is 11.6 Å². The normalized spacial score (nSPS) is 16.4. The number of rotatable bonds is 6. The molecular formula is C21H20F2N4O3. The number of ether oxygens (including phenoxy) is 2. The van der Waals surface area contributed by atoms with E-state index in [1.807, 2.05) is 24.3 Å². The molecule has 1 amide bonds. The predicted molar refractivity (Wildman–Crippen MR) is 107 cm³/mol. The molecule has 2 heterocycles. The Morgan fingerprint density at radius 2 is 2.03 bits per heavy atom. The SMILES string of the molecule is O=C(Nc1ccc(C2CNCCO2)cc1)c1cc(-c2cccc(OC(F)F)c2)n[nH]1. The third kappa shape index (κ3) is 4.81. The second-order valence-corrected chi connectivity index (χ2v) is 6.71. The monoisotopic (exact) mass is 414 g/mol.